The maximum Gasteiger partial charge on any atom is 0.263 e. The van der Waals surface area contributed by atoms with Gasteiger partial charge in [0.05, 0.1) is 0 Å². The first kappa shape index (κ1) is 14.8. The van der Waals surface area contributed by atoms with Gasteiger partial charge in [0, 0.05) is 19.7 Å². The first-order chi connectivity index (χ1) is 9.60. The predicted octanol–water partition coefficient (Wildman–Crippen LogP) is 1.82. The molecule has 1 fully saturated rings. The van der Waals surface area contributed by atoms with E-state index in [2.05, 4.69) is 0 Å². The van der Waals surface area contributed by atoms with Crippen LogP contribution in [0.5, 0.6) is 5.75 Å². The van der Waals surface area contributed by atoms with E-state index in [-0.39, 0.29) is 18.3 Å². The summed E-state index contributed by atoms with van der Waals surface area (Å²) in [6.45, 7) is 3.25. The molecule has 1 aromatic rings. The Morgan fingerprint density at radius 1 is 1.50 bits per heavy atom. The zero-order valence-electron chi connectivity index (χ0n) is 11.6. The number of hydrogen-bond donors (Lipinski definition) is 1. The van der Waals surface area contributed by atoms with E-state index in [0.29, 0.717) is 24.8 Å². The molecule has 2 unspecified atom stereocenters. The predicted molar refractivity (Wildman–Crippen MR) is 72.9 cm³/mol. The second kappa shape index (κ2) is 6.70. The number of nitrogens with zero attached hydrogens (tertiary/aromatic N) is 1. The van der Waals surface area contributed by atoms with E-state index in [4.69, 9.17) is 9.84 Å². The fraction of sp³-hybridized carbons (Fsp3) is 0.533. The van der Waals surface area contributed by atoms with Crippen molar-refractivity contribution in [3.8, 4) is 5.75 Å². The van der Waals surface area contributed by atoms with Crippen LogP contribution in [0, 0.1) is 11.7 Å². The third kappa shape index (κ3) is 3.70. The van der Waals surface area contributed by atoms with Crippen LogP contribution in [0.3, 0.4) is 0 Å². The van der Waals surface area contributed by atoms with Gasteiger partial charge in [0.25, 0.3) is 5.91 Å². The average molecular weight is 281 g/mol. The summed E-state index contributed by atoms with van der Waals surface area (Å²) in [6, 6.07) is 5.63. The summed E-state index contributed by atoms with van der Waals surface area (Å²) in [7, 11) is 0. The molecule has 2 rings (SSSR count). The number of likely N-dealkylation sites (tertiary alicyclic amines) is 1. The van der Waals surface area contributed by atoms with Gasteiger partial charge in [-0.15, -0.1) is 0 Å². The summed E-state index contributed by atoms with van der Waals surface area (Å²) in [4.78, 5) is 14.0. The van der Waals surface area contributed by atoms with E-state index >= 15 is 0 Å². The minimum atomic E-state index is -0.590. The highest BCUT2D eigenvalue weighted by Crippen LogP contribution is 2.21. The van der Waals surface area contributed by atoms with Crippen LogP contribution in [-0.4, -0.2) is 41.7 Å². The number of aliphatic hydroxyl groups excluding tert-OH is 1. The molecular formula is C15H20FNO3. The maximum atomic E-state index is 12.8. The highest BCUT2D eigenvalue weighted by molar-refractivity contribution is 5.81. The fourth-order valence-corrected chi connectivity index (χ4v) is 2.48. The summed E-state index contributed by atoms with van der Waals surface area (Å²) in [5, 5.41) is 8.92. The van der Waals surface area contributed by atoms with Crippen molar-refractivity contribution < 1.29 is 19.0 Å². The van der Waals surface area contributed by atoms with E-state index in [1.807, 2.05) is 0 Å². The Morgan fingerprint density at radius 3 is 2.85 bits per heavy atom. The van der Waals surface area contributed by atoms with Crippen LogP contribution >= 0.6 is 0 Å². The van der Waals surface area contributed by atoms with Gasteiger partial charge in [-0.2, -0.15) is 0 Å². The molecule has 0 saturated carbocycles. The number of halogens is 1. The van der Waals surface area contributed by atoms with Crippen LogP contribution in [0.15, 0.2) is 24.3 Å². The third-order valence-electron chi connectivity index (χ3n) is 3.61. The summed E-state index contributed by atoms with van der Waals surface area (Å²) in [5.74, 6) is 0.470. The molecule has 110 valence electrons. The molecule has 0 spiro atoms. The lowest BCUT2D eigenvalue weighted by atomic mass is 10.1. The van der Waals surface area contributed by atoms with Crippen LogP contribution in [0.25, 0.3) is 0 Å². The molecule has 1 heterocycles. The van der Waals surface area contributed by atoms with Gasteiger partial charge < -0.3 is 14.7 Å². The largest absolute Gasteiger partial charge is 0.481 e. The number of benzene rings is 1. The van der Waals surface area contributed by atoms with Crippen LogP contribution in [0.2, 0.25) is 0 Å². The Morgan fingerprint density at radius 2 is 2.20 bits per heavy atom. The lowest BCUT2D eigenvalue weighted by molar-refractivity contribution is -0.137. The maximum absolute atomic E-state index is 12.8. The molecule has 0 bridgehead atoms. The molecule has 1 saturated heterocycles. The SMILES string of the molecule is CC(Oc1ccc(F)cc1)C(=O)N1CCC(CCO)C1. The third-order valence-corrected chi connectivity index (χ3v) is 3.61. The average Bonchev–Trinajstić information content (AvgIpc) is 2.89. The Labute approximate surface area is 118 Å². The number of rotatable bonds is 5. The van der Waals surface area contributed by atoms with Crippen molar-refractivity contribution in [3.63, 3.8) is 0 Å². The lowest BCUT2D eigenvalue weighted by Gasteiger charge is -2.21. The van der Waals surface area contributed by atoms with Crippen molar-refractivity contribution in [2.24, 2.45) is 5.92 Å². The van der Waals surface area contributed by atoms with Crippen molar-refractivity contribution >= 4 is 5.91 Å². The van der Waals surface area contributed by atoms with Gasteiger partial charge in [0.1, 0.15) is 11.6 Å². The van der Waals surface area contributed by atoms with Gasteiger partial charge in [0.15, 0.2) is 6.10 Å². The minimum Gasteiger partial charge on any atom is -0.481 e. The van der Waals surface area contributed by atoms with E-state index in [0.717, 1.165) is 12.8 Å². The molecular weight excluding hydrogens is 261 g/mol. The van der Waals surface area contributed by atoms with Gasteiger partial charge >= 0.3 is 0 Å². The van der Waals surface area contributed by atoms with Gasteiger partial charge in [-0.05, 0) is 49.9 Å². The number of ether oxygens (including phenoxy) is 1. The highest BCUT2D eigenvalue weighted by Gasteiger charge is 2.29. The molecule has 1 amide bonds. The molecule has 5 heteroatoms. The van der Waals surface area contributed by atoms with Crippen LogP contribution < -0.4 is 4.74 Å². The van der Waals surface area contributed by atoms with Crippen molar-refractivity contribution in [3.05, 3.63) is 30.1 Å². The number of carbonyl (C=O) groups excluding carboxylic acids is 1. The van der Waals surface area contributed by atoms with Gasteiger partial charge in [-0.3, -0.25) is 4.79 Å². The minimum absolute atomic E-state index is 0.0604. The molecule has 20 heavy (non-hydrogen) atoms. The molecule has 4 nitrogen and oxygen atoms in total. The van der Waals surface area contributed by atoms with Crippen molar-refractivity contribution in [1.82, 2.24) is 4.90 Å². The lowest BCUT2D eigenvalue weighted by Crippen LogP contribution is -2.39. The Balaban J connectivity index is 1.87. The molecule has 1 aliphatic heterocycles. The number of aliphatic hydroxyl groups is 1. The molecule has 1 N–H and O–H groups in total. The molecule has 1 aliphatic rings. The Kier molecular flexibility index (Phi) is 4.95. The fourth-order valence-electron chi connectivity index (χ4n) is 2.48. The Hall–Kier alpha value is -1.62. The topological polar surface area (TPSA) is 49.8 Å². The highest BCUT2D eigenvalue weighted by atomic mass is 19.1. The van der Waals surface area contributed by atoms with Crippen LogP contribution in [0.1, 0.15) is 19.8 Å². The monoisotopic (exact) mass is 281 g/mol. The molecule has 0 aliphatic carbocycles. The van der Waals surface area contributed by atoms with Crippen molar-refractivity contribution in [2.45, 2.75) is 25.9 Å². The first-order valence-corrected chi connectivity index (χ1v) is 6.92. The quantitative estimate of drug-likeness (QED) is 0.895. The summed E-state index contributed by atoms with van der Waals surface area (Å²) in [6.07, 6.45) is 1.07. The summed E-state index contributed by atoms with van der Waals surface area (Å²) >= 11 is 0. The zero-order valence-corrected chi connectivity index (χ0v) is 11.6. The number of amides is 1. The van der Waals surface area contributed by atoms with Gasteiger partial charge in [0.2, 0.25) is 0 Å². The molecule has 0 radical (unpaired) electrons. The zero-order chi connectivity index (χ0) is 14.5. The van der Waals surface area contributed by atoms with E-state index < -0.39 is 6.10 Å². The standard InChI is InChI=1S/C15H20FNO3/c1-11(20-14-4-2-13(16)3-5-14)15(19)17-8-6-12(10-17)7-9-18/h2-5,11-12,18H,6-10H2,1H3. The Bertz CT molecular complexity index is 449. The molecule has 0 aromatic heterocycles. The van der Waals surface area contributed by atoms with Gasteiger partial charge in [-0.1, -0.05) is 0 Å². The normalized spacial score (nSPS) is 19.9. The van der Waals surface area contributed by atoms with Crippen LogP contribution in [0.4, 0.5) is 4.39 Å². The van der Waals surface area contributed by atoms with E-state index in [9.17, 15) is 9.18 Å². The number of hydrogen-bond acceptors (Lipinski definition) is 3. The first-order valence-electron chi connectivity index (χ1n) is 6.92. The molecule has 2 atom stereocenters. The van der Waals surface area contributed by atoms with Crippen LogP contribution in [-0.2, 0) is 4.79 Å². The van der Waals surface area contributed by atoms with E-state index in [1.165, 1.54) is 24.3 Å². The smallest absolute Gasteiger partial charge is 0.263 e. The summed E-state index contributed by atoms with van der Waals surface area (Å²) in [5.41, 5.74) is 0. The molecule has 1 aromatic carbocycles. The second-order valence-electron chi connectivity index (χ2n) is 5.17. The van der Waals surface area contributed by atoms with Gasteiger partial charge in [-0.25, -0.2) is 4.39 Å². The van der Waals surface area contributed by atoms with E-state index in [1.54, 1.807) is 11.8 Å². The summed E-state index contributed by atoms with van der Waals surface area (Å²) < 4.78 is 18.3. The second-order valence-corrected chi connectivity index (χ2v) is 5.17. The van der Waals surface area contributed by atoms with Crippen molar-refractivity contribution in [1.29, 1.82) is 0 Å². The number of carbonyl (C=O) groups is 1. The van der Waals surface area contributed by atoms with Crippen molar-refractivity contribution in [2.75, 3.05) is 19.7 Å².